The standard InChI is InChI=1S/C64H110O6/c1-4-7-10-13-16-18-20-22-24-25-26-27-28-29-30-31-32-33-34-35-36-37-38-39-40-42-43-45-48-51-54-57-63(66)69-60-61(59-68-62(65)56-53-50-47-15-12-9-6-3)70-64(67)58-55-52-49-46-44-41-23-21-19-17-14-11-8-5-2/h7,10,16,18,21-24,26-27,29-30,32-33,61H,4-6,8-9,11-15,17,19-20,25,28,31,34-60H2,1-3H3/b10-7-,18-16-,23-21-,24-22-,27-26-,30-29-,33-32-. The van der Waals surface area contributed by atoms with Crippen LogP contribution in [-0.4, -0.2) is 37.2 Å². The molecule has 0 aromatic carbocycles. The lowest BCUT2D eigenvalue weighted by Gasteiger charge is -2.18. The van der Waals surface area contributed by atoms with E-state index in [1.54, 1.807) is 0 Å². The molecule has 0 amide bonds. The molecule has 0 aliphatic carbocycles. The Morgan fingerprint density at radius 1 is 0.300 bits per heavy atom. The fourth-order valence-electron chi connectivity index (χ4n) is 8.21. The molecule has 0 spiro atoms. The molecule has 6 nitrogen and oxygen atoms in total. The topological polar surface area (TPSA) is 78.9 Å². The summed E-state index contributed by atoms with van der Waals surface area (Å²) in [6.45, 7) is 6.48. The van der Waals surface area contributed by atoms with Crippen LogP contribution in [-0.2, 0) is 28.6 Å². The third kappa shape index (κ3) is 55.5. The van der Waals surface area contributed by atoms with Crippen LogP contribution in [0.4, 0.5) is 0 Å². The number of hydrogen-bond donors (Lipinski definition) is 0. The first-order valence-electron chi connectivity index (χ1n) is 29.6. The van der Waals surface area contributed by atoms with Gasteiger partial charge in [-0.2, -0.15) is 0 Å². The second-order valence-electron chi connectivity index (χ2n) is 19.5. The Morgan fingerprint density at radius 3 is 0.886 bits per heavy atom. The van der Waals surface area contributed by atoms with Gasteiger partial charge in [0.1, 0.15) is 13.2 Å². The van der Waals surface area contributed by atoms with Crippen molar-refractivity contribution in [2.24, 2.45) is 0 Å². The van der Waals surface area contributed by atoms with Crippen molar-refractivity contribution >= 4 is 17.9 Å². The molecule has 0 fully saturated rings. The molecule has 0 aliphatic rings. The molecule has 70 heavy (non-hydrogen) atoms. The van der Waals surface area contributed by atoms with E-state index in [0.717, 1.165) is 109 Å². The van der Waals surface area contributed by atoms with E-state index in [1.165, 1.54) is 135 Å². The lowest BCUT2D eigenvalue weighted by Crippen LogP contribution is -2.30. The monoisotopic (exact) mass is 975 g/mol. The van der Waals surface area contributed by atoms with Gasteiger partial charge in [-0.3, -0.25) is 14.4 Å². The number of hydrogen-bond acceptors (Lipinski definition) is 6. The van der Waals surface area contributed by atoms with Crippen LogP contribution in [0.1, 0.15) is 284 Å². The van der Waals surface area contributed by atoms with Gasteiger partial charge in [-0.25, -0.2) is 0 Å². The van der Waals surface area contributed by atoms with E-state index in [1.807, 2.05) is 0 Å². The van der Waals surface area contributed by atoms with Crippen molar-refractivity contribution in [2.45, 2.75) is 290 Å². The lowest BCUT2D eigenvalue weighted by molar-refractivity contribution is -0.167. The summed E-state index contributed by atoms with van der Waals surface area (Å²) in [6.07, 6.45) is 76.1. The van der Waals surface area contributed by atoms with E-state index in [-0.39, 0.29) is 31.1 Å². The highest BCUT2D eigenvalue weighted by molar-refractivity contribution is 5.71. The van der Waals surface area contributed by atoms with Crippen molar-refractivity contribution < 1.29 is 28.6 Å². The molecule has 0 aromatic heterocycles. The summed E-state index contributed by atoms with van der Waals surface area (Å²) in [7, 11) is 0. The van der Waals surface area contributed by atoms with Crippen molar-refractivity contribution in [1.29, 1.82) is 0 Å². The fraction of sp³-hybridized carbons (Fsp3) is 0.734. The summed E-state index contributed by atoms with van der Waals surface area (Å²) >= 11 is 0. The Kier molecular flexibility index (Phi) is 55.3. The number of ether oxygens (including phenoxy) is 3. The minimum Gasteiger partial charge on any atom is -0.462 e. The van der Waals surface area contributed by atoms with Crippen molar-refractivity contribution in [3.63, 3.8) is 0 Å². The van der Waals surface area contributed by atoms with Crippen LogP contribution in [0, 0.1) is 0 Å². The van der Waals surface area contributed by atoms with Crippen LogP contribution in [0.2, 0.25) is 0 Å². The third-order valence-corrected chi connectivity index (χ3v) is 12.6. The number of esters is 3. The highest BCUT2D eigenvalue weighted by Crippen LogP contribution is 2.15. The molecule has 6 heteroatoms. The van der Waals surface area contributed by atoms with Crippen molar-refractivity contribution in [3.05, 3.63) is 85.1 Å². The van der Waals surface area contributed by atoms with Crippen molar-refractivity contribution in [3.8, 4) is 0 Å². The zero-order valence-electron chi connectivity index (χ0n) is 46.0. The minimum atomic E-state index is -0.777. The van der Waals surface area contributed by atoms with Crippen LogP contribution < -0.4 is 0 Å². The number of rotatable bonds is 53. The number of allylic oxidation sites excluding steroid dienone is 14. The summed E-state index contributed by atoms with van der Waals surface area (Å²) in [6, 6.07) is 0. The van der Waals surface area contributed by atoms with Crippen LogP contribution in [0.25, 0.3) is 0 Å². The third-order valence-electron chi connectivity index (χ3n) is 12.6. The van der Waals surface area contributed by atoms with Gasteiger partial charge >= 0.3 is 17.9 Å². The van der Waals surface area contributed by atoms with E-state index in [2.05, 4.69) is 106 Å². The average molecular weight is 976 g/mol. The maximum absolute atomic E-state index is 12.8. The molecule has 0 saturated carbocycles. The number of carbonyl (C=O) groups excluding carboxylic acids is 3. The molecular weight excluding hydrogens is 865 g/mol. The normalized spacial score (nSPS) is 12.7. The molecule has 0 rings (SSSR count). The van der Waals surface area contributed by atoms with Crippen LogP contribution in [0.5, 0.6) is 0 Å². The van der Waals surface area contributed by atoms with Gasteiger partial charge in [0.15, 0.2) is 6.10 Å². The van der Waals surface area contributed by atoms with Gasteiger partial charge in [0.2, 0.25) is 0 Å². The van der Waals surface area contributed by atoms with Gasteiger partial charge in [0.05, 0.1) is 0 Å². The van der Waals surface area contributed by atoms with Crippen molar-refractivity contribution in [1.82, 2.24) is 0 Å². The average Bonchev–Trinajstić information content (AvgIpc) is 3.36. The summed E-state index contributed by atoms with van der Waals surface area (Å²) in [4.78, 5) is 37.9. The fourth-order valence-corrected chi connectivity index (χ4v) is 8.21. The summed E-state index contributed by atoms with van der Waals surface area (Å²) < 4.78 is 16.8. The van der Waals surface area contributed by atoms with Crippen LogP contribution in [0.15, 0.2) is 85.1 Å². The first-order valence-corrected chi connectivity index (χ1v) is 29.6. The molecule has 1 atom stereocenters. The van der Waals surface area contributed by atoms with Gasteiger partial charge in [-0.1, -0.05) is 254 Å². The molecule has 402 valence electrons. The molecule has 0 heterocycles. The zero-order chi connectivity index (χ0) is 50.7. The Hall–Kier alpha value is -3.41. The molecule has 1 unspecified atom stereocenters. The maximum atomic E-state index is 12.8. The molecule has 0 aromatic rings. The molecule has 0 N–H and O–H groups in total. The van der Waals surface area contributed by atoms with Gasteiger partial charge in [0, 0.05) is 19.3 Å². The van der Waals surface area contributed by atoms with E-state index < -0.39 is 6.10 Å². The molecule has 0 radical (unpaired) electrons. The maximum Gasteiger partial charge on any atom is 0.306 e. The second-order valence-corrected chi connectivity index (χ2v) is 19.5. The van der Waals surface area contributed by atoms with E-state index >= 15 is 0 Å². The smallest absolute Gasteiger partial charge is 0.306 e. The van der Waals surface area contributed by atoms with Gasteiger partial charge in [-0.15, -0.1) is 0 Å². The number of unbranched alkanes of at least 4 members (excludes halogenated alkanes) is 28. The Balaban J connectivity index is 4.08. The largest absolute Gasteiger partial charge is 0.462 e. The molecule has 0 saturated heterocycles. The highest BCUT2D eigenvalue weighted by atomic mass is 16.6. The Morgan fingerprint density at radius 2 is 0.557 bits per heavy atom. The highest BCUT2D eigenvalue weighted by Gasteiger charge is 2.19. The quantitative estimate of drug-likeness (QED) is 0.0261. The molecular formula is C64H110O6. The molecule has 0 aliphatic heterocycles. The van der Waals surface area contributed by atoms with E-state index in [4.69, 9.17) is 14.2 Å². The van der Waals surface area contributed by atoms with Gasteiger partial charge < -0.3 is 14.2 Å². The minimum absolute atomic E-state index is 0.0777. The predicted octanol–water partition coefficient (Wildman–Crippen LogP) is 19.9. The zero-order valence-corrected chi connectivity index (χ0v) is 46.0. The van der Waals surface area contributed by atoms with E-state index in [0.29, 0.717) is 19.3 Å². The van der Waals surface area contributed by atoms with Gasteiger partial charge in [-0.05, 0) is 96.3 Å². The Labute approximate surface area is 433 Å². The first kappa shape index (κ1) is 66.6. The van der Waals surface area contributed by atoms with Crippen molar-refractivity contribution in [2.75, 3.05) is 13.2 Å². The summed E-state index contributed by atoms with van der Waals surface area (Å²) in [5.74, 6) is -0.889. The summed E-state index contributed by atoms with van der Waals surface area (Å²) in [5.41, 5.74) is 0. The van der Waals surface area contributed by atoms with Crippen LogP contribution in [0.3, 0.4) is 0 Å². The number of carbonyl (C=O) groups is 3. The summed E-state index contributed by atoms with van der Waals surface area (Å²) in [5, 5.41) is 0. The lowest BCUT2D eigenvalue weighted by atomic mass is 10.0. The predicted molar refractivity (Wildman–Crippen MR) is 302 cm³/mol. The first-order chi connectivity index (χ1) is 34.5. The SMILES string of the molecule is CC/C=C\C/C=C\C/C=C\C/C=C\C/C=C\C/C=C\CCCCCCCCCCCCCCC(=O)OCC(COC(=O)CCCCCCCCC)OC(=O)CCCCCCC/C=C\CCCCCCC. The molecule has 0 bridgehead atoms. The van der Waals surface area contributed by atoms with Crippen LogP contribution >= 0.6 is 0 Å². The van der Waals surface area contributed by atoms with Gasteiger partial charge in [0.25, 0.3) is 0 Å². The van der Waals surface area contributed by atoms with E-state index in [9.17, 15) is 14.4 Å². The second kappa shape index (κ2) is 58.2. The Bertz CT molecular complexity index is 1350.